The monoisotopic (exact) mass is 284 g/mol. The molecule has 0 bridgehead atoms. The number of pyridine rings is 1. The zero-order valence-electron chi connectivity index (χ0n) is 9.23. The van der Waals surface area contributed by atoms with E-state index in [1.54, 1.807) is 0 Å². The molecule has 1 atom stereocenters. The zero-order chi connectivity index (χ0) is 11.4. The highest BCUT2D eigenvalue weighted by molar-refractivity contribution is 9.10. The summed E-state index contributed by atoms with van der Waals surface area (Å²) in [6, 6.07) is 4.25. The molecule has 16 heavy (non-hydrogen) atoms. The van der Waals surface area contributed by atoms with E-state index in [2.05, 4.69) is 20.9 Å². The fourth-order valence-corrected chi connectivity index (χ4v) is 2.31. The van der Waals surface area contributed by atoms with E-state index in [0.29, 0.717) is 5.92 Å². The number of halogens is 1. The van der Waals surface area contributed by atoms with Crippen LogP contribution in [0, 0.1) is 5.92 Å². The lowest BCUT2D eigenvalue weighted by molar-refractivity contribution is 0.0584. The van der Waals surface area contributed by atoms with E-state index in [-0.39, 0.29) is 6.04 Å². The van der Waals surface area contributed by atoms with Crippen LogP contribution in [0.1, 0.15) is 18.5 Å². The molecular formula is C12H17BrN2O. The third kappa shape index (κ3) is 3.27. The first-order valence-electron chi connectivity index (χ1n) is 5.69. The van der Waals surface area contributed by atoms with Gasteiger partial charge in [-0.1, -0.05) is 0 Å². The van der Waals surface area contributed by atoms with Gasteiger partial charge in [0.15, 0.2) is 0 Å². The van der Waals surface area contributed by atoms with Crippen molar-refractivity contribution in [3.05, 3.63) is 28.5 Å². The van der Waals surface area contributed by atoms with Gasteiger partial charge >= 0.3 is 0 Å². The largest absolute Gasteiger partial charge is 0.381 e. The Hall–Kier alpha value is -0.450. The summed E-state index contributed by atoms with van der Waals surface area (Å²) in [5, 5.41) is 0. The molecule has 1 fully saturated rings. The second-order valence-electron chi connectivity index (χ2n) is 4.29. The Morgan fingerprint density at radius 2 is 2.19 bits per heavy atom. The second kappa shape index (κ2) is 5.75. The van der Waals surface area contributed by atoms with Crippen molar-refractivity contribution in [1.82, 2.24) is 4.98 Å². The average molecular weight is 285 g/mol. The Morgan fingerprint density at radius 1 is 1.44 bits per heavy atom. The average Bonchev–Trinajstić information content (AvgIpc) is 2.33. The number of hydrogen-bond donors (Lipinski definition) is 1. The molecule has 2 rings (SSSR count). The van der Waals surface area contributed by atoms with Crippen LogP contribution in [-0.2, 0) is 11.2 Å². The summed E-state index contributed by atoms with van der Waals surface area (Å²) in [5.41, 5.74) is 7.28. The lowest BCUT2D eigenvalue weighted by Gasteiger charge is -2.27. The number of rotatable bonds is 3. The topological polar surface area (TPSA) is 48.1 Å². The van der Waals surface area contributed by atoms with E-state index in [4.69, 9.17) is 10.5 Å². The SMILES string of the molecule is NC(Cc1ccc(Br)cn1)C1CCOCC1. The molecule has 4 heteroatoms. The first kappa shape index (κ1) is 12.0. The minimum Gasteiger partial charge on any atom is -0.381 e. The maximum Gasteiger partial charge on any atom is 0.0469 e. The molecule has 1 unspecified atom stereocenters. The van der Waals surface area contributed by atoms with Crippen LogP contribution in [0.15, 0.2) is 22.8 Å². The number of nitrogens with two attached hydrogens (primary N) is 1. The highest BCUT2D eigenvalue weighted by atomic mass is 79.9. The molecule has 1 aliphatic rings. The van der Waals surface area contributed by atoms with Crippen LogP contribution < -0.4 is 5.73 Å². The van der Waals surface area contributed by atoms with Gasteiger partial charge in [0.1, 0.15) is 0 Å². The Kier molecular flexibility index (Phi) is 4.32. The number of ether oxygens (including phenoxy) is 1. The Labute approximate surface area is 105 Å². The summed E-state index contributed by atoms with van der Waals surface area (Å²) in [7, 11) is 0. The normalized spacial score (nSPS) is 19.6. The van der Waals surface area contributed by atoms with Crippen molar-refractivity contribution >= 4 is 15.9 Å². The molecule has 88 valence electrons. The van der Waals surface area contributed by atoms with Crippen molar-refractivity contribution in [2.75, 3.05) is 13.2 Å². The lowest BCUT2D eigenvalue weighted by Crippen LogP contribution is -2.36. The predicted octanol–water partition coefficient (Wildman–Crippen LogP) is 2.14. The molecule has 1 aliphatic heterocycles. The third-order valence-electron chi connectivity index (χ3n) is 3.10. The van der Waals surface area contributed by atoms with E-state index in [0.717, 1.165) is 42.6 Å². The van der Waals surface area contributed by atoms with E-state index in [1.807, 2.05) is 18.3 Å². The van der Waals surface area contributed by atoms with Gasteiger partial charge in [0.25, 0.3) is 0 Å². The van der Waals surface area contributed by atoms with E-state index in [9.17, 15) is 0 Å². The van der Waals surface area contributed by atoms with Gasteiger partial charge in [-0.25, -0.2) is 0 Å². The van der Waals surface area contributed by atoms with Crippen molar-refractivity contribution in [3.8, 4) is 0 Å². The maximum absolute atomic E-state index is 6.21. The van der Waals surface area contributed by atoms with Crippen molar-refractivity contribution < 1.29 is 4.74 Å². The van der Waals surface area contributed by atoms with Crippen molar-refractivity contribution in [1.29, 1.82) is 0 Å². The minimum absolute atomic E-state index is 0.206. The molecule has 0 aliphatic carbocycles. The molecule has 0 amide bonds. The molecule has 2 heterocycles. The molecule has 0 aromatic carbocycles. The summed E-state index contributed by atoms with van der Waals surface area (Å²) >= 11 is 3.38. The van der Waals surface area contributed by atoms with Gasteiger partial charge in [0.05, 0.1) is 0 Å². The standard InChI is InChI=1S/C12H17BrN2O/c13-10-1-2-11(15-8-10)7-12(14)9-3-5-16-6-4-9/h1-2,8-9,12H,3-7,14H2. The number of aromatic nitrogens is 1. The van der Waals surface area contributed by atoms with Crippen molar-refractivity contribution in [3.63, 3.8) is 0 Å². The van der Waals surface area contributed by atoms with Gasteiger partial charge in [0.2, 0.25) is 0 Å². The molecule has 2 N–H and O–H groups in total. The fourth-order valence-electron chi connectivity index (χ4n) is 2.08. The van der Waals surface area contributed by atoms with Crippen LogP contribution in [0.25, 0.3) is 0 Å². The first-order valence-corrected chi connectivity index (χ1v) is 6.49. The van der Waals surface area contributed by atoms with E-state index in [1.165, 1.54) is 0 Å². The van der Waals surface area contributed by atoms with Gasteiger partial charge in [-0.15, -0.1) is 0 Å². The maximum atomic E-state index is 6.21. The Morgan fingerprint density at radius 3 is 2.81 bits per heavy atom. The molecule has 0 radical (unpaired) electrons. The summed E-state index contributed by atoms with van der Waals surface area (Å²) < 4.78 is 6.35. The van der Waals surface area contributed by atoms with Gasteiger partial charge < -0.3 is 10.5 Å². The van der Waals surface area contributed by atoms with Crippen molar-refractivity contribution in [2.45, 2.75) is 25.3 Å². The van der Waals surface area contributed by atoms with Crippen LogP contribution >= 0.6 is 15.9 Å². The van der Waals surface area contributed by atoms with Gasteiger partial charge in [0, 0.05) is 42.0 Å². The quantitative estimate of drug-likeness (QED) is 0.925. The summed E-state index contributed by atoms with van der Waals surface area (Å²) in [6.45, 7) is 1.71. The lowest BCUT2D eigenvalue weighted by atomic mass is 9.89. The van der Waals surface area contributed by atoms with Gasteiger partial charge in [-0.3, -0.25) is 4.98 Å². The van der Waals surface area contributed by atoms with E-state index < -0.39 is 0 Å². The van der Waals surface area contributed by atoms with Crippen molar-refractivity contribution in [2.24, 2.45) is 11.7 Å². The Bertz CT molecular complexity index is 322. The zero-order valence-corrected chi connectivity index (χ0v) is 10.8. The van der Waals surface area contributed by atoms with Gasteiger partial charge in [-0.2, -0.15) is 0 Å². The van der Waals surface area contributed by atoms with Crippen LogP contribution in [0.3, 0.4) is 0 Å². The molecule has 1 aromatic heterocycles. The molecule has 1 aromatic rings. The summed E-state index contributed by atoms with van der Waals surface area (Å²) in [4.78, 5) is 4.35. The highest BCUT2D eigenvalue weighted by Crippen LogP contribution is 2.20. The van der Waals surface area contributed by atoms with Crippen LogP contribution in [0.2, 0.25) is 0 Å². The van der Waals surface area contributed by atoms with E-state index >= 15 is 0 Å². The third-order valence-corrected chi connectivity index (χ3v) is 3.57. The molecular weight excluding hydrogens is 268 g/mol. The van der Waals surface area contributed by atoms with Crippen LogP contribution in [-0.4, -0.2) is 24.2 Å². The molecule has 3 nitrogen and oxygen atoms in total. The predicted molar refractivity (Wildman–Crippen MR) is 67.2 cm³/mol. The number of nitrogens with zero attached hydrogens (tertiary/aromatic N) is 1. The summed E-state index contributed by atoms with van der Waals surface area (Å²) in [6.07, 6.45) is 4.85. The molecule has 1 saturated heterocycles. The molecule has 0 spiro atoms. The molecule has 0 saturated carbocycles. The Balaban J connectivity index is 1.90. The smallest absolute Gasteiger partial charge is 0.0469 e. The second-order valence-corrected chi connectivity index (χ2v) is 5.20. The summed E-state index contributed by atoms with van der Waals surface area (Å²) in [5.74, 6) is 0.583. The van der Waals surface area contributed by atoms with Gasteiger partial charge in [-0.05, 0) is 46.8 Å². The van der Waals surface area contributed by atoms with Crippen LogP contribution in [0.5, 0.6) is 0 Å². The minimum atomic E-state index is 0.206. The van der Waals surface area contributed by atoms with Crippen LogP contribution in [0.4, 0.5) is 0 Å². The number of hydrogen-bond acceptors (Lipinski definition) is 3. The first-order chi connectivity index (χ1) is 7.75. The highest BCUT2D eigenvalue weighted by Gasteiger charge is 2.21. The fraction of sp³-hybridized carbons (Fsp3) is 0.583.